The third-order valence-corrected chi connectivity index (χ3v) is 4.01. The molecule has 1 aliphatic rings. The number of alkyl halides is 1. The average Bonchev–Trinajstić information content (AvgIpc) is 2.89. The van der Waals surface area contributed by atoms with Gasteiger partial charge in [0.2, 0.25) is 0 Å². The minimum atomic E-state index is -0.540. The second-order valence-corrected chi connectivity index (χ2v) is 5.62. The number of aromatic nitrogens is 2. The Balaban J connectivity index is 2.21. The standard InChI is InChI=1S/C15H15ClF2N4/c1-8(19)14-13-7-20-6-10(5-17)22(13)21-15(14)9-2-3-12(18)11(16)4-9/h2-4,10,20H,1,5-7,19H2. The van der Waals surface area contributed by atoms with E-state index in [1.165, 1.54) is 12.1 Å². The Kier molecular flexibility index (Phi) is 3.88. The van der Waals surface area contributed by atoms with Crippen molar-refractivity contribution >= 4 is 17.3 Å². The molecule has 0 amide bonds. The summed E-state index contributed by atoms with van der Waals surface area (Å²) in [5.41, 5.74) is 8.80. The van der Waals surface area contributed by atoms with Crippen molar-refractivity contribution in [1.82, 2.24) is 15.1 Å². The van der Waals surface area contributed by atoms with E-state index in [2.05, 4.69) is 17.0 Å². The van der Waals surface area contributed by atoms with E-state index >= 15 is 0 Å². The molecule has 3 rings (SSSR count). The van der Waals surface area contributed by atoms with Gasteiger partial charge in [-0.1, -0.05) is 18.2 Å². The minimum Gasteiger partial charge on any atom is -0.399 e. The molecule has 7 heteroatoms. The van der Waals surface area contributed by atoms with E-state index in [1.54, 1.807) is 10.7 Å². The van der Waals surface area contributed by atoms with Gasteiger partial charge < -0.3 is 11.1 Å². The molecule has 1 atom stereocenters. The highest BCUT2D eigenvalue weighted by Gasteiger charge is 2.27. The molecule has 0 spiro atoms. The highest BCUT2D eigenvalue weighted by molar-refractivity contribution is 6.31. The predicted octanol–water partition coefficient (Wildman–Crippen LogP) is 2.89. The van der Waals surface area contributed by atoms with Gasteiger partial charge >= 0.3 is 0 Å². The summed E-state index contributed by atoms with van der Waals surface area (Å²) in [6, 6.07) is 3.92. The van der Waals surface area contributed by atoms with Crippen LogP contribution in [-0.4, -0.2) is 23.0 Å². The molecule has 1 unspecified atom stereocenters. The lowest BCUT2D eigenvalue weighted by Gasteiger charge is -2.23. The highest BCUT2D eigenvalue weighted by atomic mass is 35.5. The predicted molar refractivity (Wildman–Crippen MR) is 82.6 cm³/mol. The molecular formula is C15H15ClF2N4. The molecule has 22 heavy (non-hydrogen) atoms. The number of halogens is 3. The minimum absolute atomic E-state index is 0.00257. The van der Waals surface area contributed by atoms with Crippen LogP contribution in [0.4, 0.5) is 8.78 Å². The Morgan fingerprint density at radius 2 is 2.32 bits per heavy atom. The van der Waals surface area contributed by atoms with Crippen molar-refractivity contribution in [2.45, 2.75) is 12.6 Å². The molecule has 0 radical (unpaired) electrons. The number of benzene rings is 1. The molecule has 3 N–H and O–H groups in total. The summed E-state index contributed by atoms with van der Waals surface area (Å²) < 4.78 is 28.2. The van der Waals surface area contributed by atoms with Crippen LogP contribution >= 0.6 is 11.6 Å². The second-order valence-electron chi connectivity index (χ2n) is 5.21. The molecule has 0 aliphatic carbocycles. The maximum absolute atomic E-state index is 13.4. The molecule has 0 bridgehead atoms. The summed E-state index contributed by atoms with van der Waals surface area (Å²) in [6.45, 7) is 4.25. The van der Waals surface area contributed by atoms with Gasteiger partial charge in [-0.2, -0.15) is 5.10 Å². The van der Waals surface area contributed by atoms with Crippen LogP contribution < -0.4 is 11.1 Å². The first-order valence-corrected chi connectivity index (χ1v) is 7.19. The normalized spacial score (nSPS) is 17.3. The molecule has 1 aromatic heterocycles. The first-order chi connectivity index (χ1) is 10.5. The molecule has 1 aliphatic heterocycles. The largest absolute Gasteiger partial charge is 0.399 e. The number of hydrogen-bond donors (Lipinski definition) is 2. The molecule has 2 heterocycles. The molecular weight excluding hydrogens is 310 g/mol. The van der Waals surface area contributed by atoms with Crippen molar-refractivity contribution in [1.29, 1.82) is 0 Å². The van der Waals surface area contributed by atoms with Gasteiger partial charge in [0.1, 0.15) is 18.2 Å². The molecule has 4 nitrogen and oxygen atoms in total. The van der Waals surface area contributed by atoms with Crippen LogP contribution in [0.3, 0.4) is 0 Å². The number of nitrogens with one attached hydrogen (secondary N) is 1. The van der Waals surface area contributed by atoms with Gasteiger partial charge in [-0.15, -0.1) is 0 Å². The Hall–Kier alpha value is -1.92. The molecule has 0 saturated heterocycles. The fourth-order valence-corrected chi connectivity index (χ4v) is 2.87. The van der Waals surface area contributed by atoms with Gasteiger partial charge in [0, 0.05) is 29.9 Å². The zero-order valence-corrected chi connectivity index (χ0v) is 12.5. The summed E-state index contributed by atoms with van der Waals surface area (Å²) in [5.74, 6) is -0.509. The fraction of sp³-hybridized carbons (Fsp3) is 0.267. The monoisotopic (exact) mass is 324 g/mol. The van der Waals surface area contributed by atoms with Crippen molar-refractivity contribution in [2.24, 2.45) is 5.73 Å². The van der Waals surface area contributed by atoms with E-state index in [1.807, 2.05) is 0 Å². The first-order valence-electron chi connectivity index (χ1n) is 6.81. The van der Waals surface area contributed by atoms with E-state index in [-0.39, 0.29) is 5.02 Å². The highest BCUT2D eigenvalue weighted by Crippen LogP contribution is 2.33. The lowest BCUT2D eigenvalue weighted by Crippen LogP contribution is -2.35. The third kappa shape index (κ3) is 2.38. The number of nitrogens with two attached hydrogens (primary N) is 1. The summed E-state index contributed by atoms with van der Waals surface area (Å²) in [5, 5.41) is 7.62. The fourth-order valence-electron chi connectivity index (χ4n) is 2.69. The van der Waals surface area contributed by atoms with Gasteiger partial charge in [-0.3, -0.25) is 4.68 Å². The summed E-state index contributed by atoms with van der Waals surface area (Å²) in [6.07, 6.45) is 0. The van der Waals surface area contributed by atoms with Crippen molar-refractivity contribution < 1.29 is 8.78 Å². The maximum Gasteiger partial charge on any atom is 0.141 e. The van der Waals surface area contributed by atoms with Gasteiger partial charge in [0.15, 0.2) is 0 Å². The van der Waals surface area contributed by atoms with E-state index < -0.39 is 18.5 Å². The third-order valence-electron chi connectivity index (χ3n) is 3.72. The number of fused-ring (bicyclic) bond motifs is 1. The van der Waals surface area contributed by atoms with Crippen molar-refractivity contribution in [3.8, 4) is 11.3 Å². The summed E-state index contributed by atoms with van der Waals surface area (Å²) >= 11 is 5.84. The van der Waals surface area contributed by atoms with Crippen molar-refractivity contribution in [3.63, 3.8) is 0 Å². The SMILES string of the molecule is C=C(N)c1c(-c2ccc(F)c(Cl)c2)nn2c1CNCC2CF. The Morgan fingerprint density at radius 1 is 1.55 bits per heavy atom. The van der Waals surface area contributed by atoms with E-state index in [0.717, 1.165) is 5.69 Å². The van der Waals surface area contributed by atoms with Gasteiger partial charge in [-0.05, 0) is 18.2 Å². The van der Waals surface area contributed by atoms with Gasteiger partial charge in [-0.25, -0.2) is 8.78 Å². The van der Waals surface area contributed by atoms with E-state index in [4.69, 9.17) is 17.3 Å². The van der Waals surface area contributed by atoms with Gasteiger partial charge in [0.25, 0.3) is 0 Å². The van der Waals surface area contributed by atoms with Crippen molar-refractivity contribution in [3.05, 3.63) is 46.9 Å². The van der Waals surface area contributed by atoms with Crippen molar-refractivity contribution in [2.75, 3.05) is 13.2 Å². The van der Waals surface area contributed by atoms with Crippen LogP contribution in [-0.2, 0) is 6.54 Å². The number of hydrogen-bond acceptors (Lipinski definition) is 3. The molecule has 2 aromatic rings. The van der Waals surface area contributed by atoms with Crippen LogP contribution in [0.5, 0.6) is 0 Å². The Labute approximate surface area is 131 Å². The van der Waals surface area contributed by atoms with E-state index in [0.29, 0.717) is 35.6 Å². The lowest BCUT2D eigenvalue weighted by atomic mass is 10.0. The van der Waals surface area contributed by atoms with Gasteiger partial charge in [0.05, 0.1) is 16.8 Å². The van der Waals surface area contributed by atoms with Crippen LogP contribution in [0.15, 0.2) is 24.8 Å². The quantitative estimate of drug-likeness (QED) is 0.912. The van der Waals surface area contributed by atoms with Crippen LogP contribution in [0.25, 0.3) is 17.0 Å². The molecule has 1 aromatic carbocycles. The lowest BCUT2D eigenvalue weighted by molar-refractivity contribution is 0.292. The first kappa shape index (κ1) is 15.0. The average molecular weight is 325 g/mol. The second kappa shape index (κ2) is 5.70. The van der Waals surface area contributed by atoms with Crippen LogP contribution in [0.1, 0.15) is 17.3 Å². The Bertz CT molecular complexity index is 741. The molecule has 0 saturated carbocycles. The van der Waals surface area contributed by atoms with Crippen LogP contribution in [0, 0.1) is 5.82 Å². The smallest absolute Gasteiger partial charge is 0.141 e. The molecule has 0 fully saturated rings. The zero-order chi connectivity index (χ0) is 15.9. The maximum atomic E-state index is 13.4. The topological polar surface area (TPSA) is 55.9 Å². The number of nitrogens with zero attached hydrogens (tertiary/aromatic N) is 2. The van der Waals surface area contributed by atoms with E-state index in [9.17, 15) is 8.78 Å². The van der Waals surface area contributed by atoms with Crippen LogP contribution in [0.2, 0.25) is 5.02 Å². The molecule has 116 valence electrons. The Morgan fingerprint density at radius 3 is 2.95 bits per heavy atom. The number of rotatable bonds is 3. The summed E-state index contributed by atoms with van der Waals surface area (Å²) in [4.78, 5) is 0. The summed E-state index contributed by atoms with van der Waals surface area (Å²) in [7, 11) is 0. The zero-order valence-electron chi connectivity index (χ0n) is 11.7.